The quantitative estimate of drug-likeness (QED) is 0.680. The van der Waals surface area contributed by atoms with Gasteiger partial charge in [0.25, 0.3) is 0 Å². The number of primary amides is 1. The molecule has 2 unspecified atom stereocenters. The number of benzene rings is 1. The van der Waals surface area contributed by atoms with Gasteiger partial charge in [-0.2, -0.15) is 0 Å². The van der Waals surface area contributed by atoms with Gasteiger partial charge in [-0.3, -0.25) is 4.79 Å². The van der Waals surface area contributed by atoms with Crippen LogP contribution in [0.15, 0.2) is 24.3 Å². The number of rotatable bonds is 7. The number of aliphatic hydroxyl groups excluding tert-OH is 1. The lowest BCUT2D eigenvalue weighted by molar-refractivity contribution is -0.121. The lowest BCUT2D eigenvalue weighted by Crippen LogP contribution is -2.45. The minimum atomic E-state index is -0.309. The van der Waals surface area contributed by atoms with Crippen molar-refractivity contribution >= 4 is 5.91 Å². The summed E-state index contributed by atoms with van der Waals surface area (Å²) in [6, 6.07) is 7.33. The van der Waals surface area contributed by atoms with E-state index in [0.717, 1.165) is 17.5 Å². The standard InChI is InChI=1S/C14H22N2O2/c1-3-10(2)13(14(15)18)16-8-11-4-6-12(9-17)7-5-11/h4-7,10,13,16-17H,3,8-9H2,1-2H3,(H2,15,18). The molecular formula is C14H22N2O2. The van der Waals surface area contributed by atoms with E-state index in [2.05, 4.69) is 5.32 Å². The molecule has 0 aliphatic heterocycles. The molecule has 1 rings (SSSR count). The van der Waals surface area contributed by atoms with Gasteiger partial charge in [0.15, 0.2) is 0 Å². The maximum Gasteiger partial charge on any atom is 0.234 e. The Hall–Kier alpha value is -1.39. The smallest absolute Gasteiger partial charge is 0.234 e. The van der Waals surface area contributed by atoms with Crippen LogP contribution < -0.4 is 11.1 Å². The van der Waals surface area contributed by atoms with E-state index in [9.17, 15) is 4.79 Å². The Morgan fingerprint density at radius 2 is 1.89 bits per heavy atom. The Bertz CT molecular complexity index is 376. The van der Waals surface area contributed by atoms with Crippen LogP contribution in [0.1, 0.15) is 31.4 Å². The number of amides is 1. The second-order valence-electron chi connectivity index (χ2n) is 4.62. The molecule has 1 aromatic rings. The van der Waals surface area contributed by atoms with Gasteiger partial charge in [-0.1, -0.05) is 44.5 Å². The molecule has 0 spiro atoms. The van der Waals surface area contributed by atoms with E-state index >= 15 is 0 Å². The lowest BCUT2D eigenvalue weighted by Gasteiger charge is -2.21. The monoisotopic (exact) mass is 250 g/mol. The molecule has 1 amide bonds. The number of carbonyl (C=O) groups is 1. The van der Waals surface area contributed by atoms with Crippen molar-refractivity contribution in [1.82, 2.24) is 5.32 Å². The number of hydrogen-bond donors (Lipinski definition) is 3. The van der Waals surface area contributed by atoms with E-state index in [1.807, 2.05) is 38.1 Å². The number of aliphatic hydroxyl groups is 1. The van der Waals surface area contributed by atoms with Crippen LogP contribution in [-0.2, 0) is 17.9 Å². The maximum absolute atomic E-state index is 11.3. The summed E-state index contributed by atoms with van der Waals surface area (Å²) in [6.07, 6.45) is 0.907. The Labute approximate surface area is 108 Å². The first-order chi connectivity index (χ1) is 8.58. The molecule has 0 aliphatic rings. The van der Waals surface area contributed by atoms with Gasteiger partial charge in [-0.25, -0.2) is 0 Å². The Morgan fingerprint density at radius 3 is 2.33 bits per heavy atom. The zero-order chi connectivity index (χ0) is 13.5. The van der Waals surface area contributed by atoms with Gasteiger partial charge in [-0.05, 0) is 17.0 Å². The third-order valence-electron chi connectivity index (χ3n) is 3.25. The zero-order valence-corrected chi connectivity index (χ0v) is 11.0. The third kappa shape index (κ3) is 4.13. The first-order valence-electron chi connectivity index (χ1n) is 6.29. The summed E-state index contributed by atoms with van der Waals surface area (Å²) >= 11 is 0. The van der Waals surface area contributed by atoms with Crippen LogP contribution in [-0.4, -0.2) is 17.1 Å². The first kappa shape index (κ1) is 14.7. The number of carbonyl (C=O) groups excluding carboxylic acids is 1. The van der Waals surface area contributed by atoms with Gasteiger partial charge in [0.2, 0.25) is 5.91 Å². The molecule has 0 fully saturated rings. The molecule has 4 N–H and O–H groups in total. The van der Waals surface area contributed by atoms with Crippen molar-refractivity contribution in [3.8, 4) is 0 Å². The Kier molecular flexibility index (Phi) is 5.82. The fraction of sp³-hybridized carbons (Fsp3) is 0.500. The molecule has 100 valence electrons. The highest BCUT2D eigenvalue weighted by Crippen LogP contribution is 2.09. The maximum atomic E-state index is 11.3. The molecule has 0 aromatic heterocycles. The van der Waals surface area contributed by atoms with Crippen LogP contribution in [0.5, 0.6) is 0 Å². The normalized spacial score (nSPS) is 14.2. The first-order valence-corrected chi connectivity index (χ1v) is 6.29. The fourth-order valence-corrected chi connectivity index (χ4v) is 1.81. The molecule has 0 radical (unpaired) electrons. The van der Waals surface area contributed by atoms with E-state index in [0.29, 0.717) is 6.54 Å². The molecule has 0 aliphatic carbocycles. The van der Waals surface area contributed by atoms with E-state index in [-0.39, 0.29) is 24.5 Å². The molecule has 4 nitrogen and oxygen atoms in total. The largest absolute Gasteiger partial charge is 0.392 e. The van der Waals surface area contributed by atoms with Crippen LogP contribution in [0.2, 0.25) is 0 Å². The van der Waals surface area contributed by atoms with Crippen LogP contribution in [0.25, 0.3) is 0 Å². The summed E-state index contributed by atoms with van der Waals surface area (Å²) in [6.45, 7) is 4.70. The highest BCUT2D eigenvalue weighted by Gasteiger charge is 2.20. The van der Waals surface area contributed by atoms with Crippen molar-refractivity contribution in [3.63, 3.8) is 0 Å². The molecule has 0 heterocycles. The van der Waals surface area contributed by atoms with E-state index in [1.54, 1.807) is 0 Å². The van der Waals surface area contributed by atoms with Gasteiger partial charge in [0.1, 0.15) is 0 Å². The van der Waals surface area contributed by atoms with Crippen molar-refractivity contribution in [2.24, 2.45) is 11.7 Å². The van der Waals surface area contributed by atoms with E-state index < -0.39 is 0 Å². The highest BCUT2D eigenvalue weighted by atomic mass is 16.3. The molecule has 4 heteroatoms. The van der Waals surface area contributed by atoms with Gasteiger partial charge in [0.05, 0.1) is 12.6 Å². The summed E-state index contributed by atoms with van der Waals surface area (Å²) < 4.78 is 0. The molecule has 0 saturated heterocycles. The predicted octanol–water partition coefficient (Wildman–Crippen LogP) is 1.17. The van der Waals surface area contributed by atoms with Crippen LogP contribution in [0, 0.1) is 5.92 Å². The Balaban J connectivity index is 2.58. The topological polar surface area (TPSA) is 75.3 Å². The fourth-order valence-electron chi connectivity index (χ4n) is 1.81. The van der Waals surface area contributed by atoms with Crippen LogP contribution in [0.3, 0.4) is 0 Å². The van der Waals surface area contributed by atoms with E-state index in [1.165, 1.54) is 0 Å². The van der Waals surface area contributed by atoms with Crippen molar-refractivity contribution in [1.29, 1.82) is 0 Å². The zero-order valence-electron chi connectivity index (χ0n) is 11.0. The number of nitrogens with one attached hydrogen (secondary N) is 1. The second-order valence-corrected chi connectivity index (χ2v) is 4.62. The molecule has 18 heavy (non-hydrogen) atoms. The highest BCUT2D eigenvalue weighted by molar-refractivity contribution is 5.80. The summed E-state index contributed by atoms with van der Waals surface area (Å²) in [4.78, 5) is 11.3. The van der Waals surface area contributed by atoms with Crippen molar-refractivity contribution in [2.45, 2.75) is 39.5 Å². The summed E-state index contributed by atoms with van der Waals surface area (Å²) in [5.41, 5.74) is 7.34. The molecule has 0 saturated carbocycles. The predicted molar refractivity (Wildman–Crippen MR) is 71.6 cm³/mol. The average Bonchev–Trinajstić information content (AvgIpc) is 2.39. The van der Waals surface area contributed by atoms with Crippen molar-refractivity contribution < 1.29 is 9.90 Å². The van der Waals surface area contributed by atoms with Crippen molar-refractivity contribution in [3.05, 3.63) is 35.4 Å². The summed E-state index contributed by atoms with van der Waals surface area (Å²) in [5.74, 6) is -0.0875. The molecular weight excluding hydrogens is 228 g/mol. The molecule has 0 bridgehead atoms. The third-order valence-corrected chi connectivity index (χ3v) is 3.25. The van der Waals surface area contributed by atoms with Gasteiger partial charge < -0.3 is 16.2 Å². The SMILES string of the molecule is CCC(C)C(NCc1ccc(CO)cc1)C(N)=O. The molecule has 1 aromatic carbocycles. The minimum absolute atomic E-state index is 0.0461. The van der Waals surface area contributed by atoms with Gasteiger partial charge >= 0.3 is 0 Å². The average molecular weight is 250 g/mol. The van der Waals surface area contributed by atoms with Gasteiger partial charge in [-0.15, -0.1) is 0 Å². The van der Waals surface area contributed by atoms with Crippen LogP contribution in [0.4, 0.5) is 0 Å². The van der Waals surface area contributed by atoms with Crippen LogP contribution >= 0.6 is 0 Å². The summed E-state index contributed by atoms with van der Waals surface area (Å²) in [7, 11) is 0. The number of hydrogen-bond acceptors (Lipinski definition) is 3. The summed E-state index contributed by atoms with van der Waals surface area (Å²) in [5, 5.41) is 12.1. The molecule has 2 atom stereocenters. The Morgan fingerprint density at radius 1 is 1.33 bits per heavy atom. The second kappa shape index (κ2) is 7.13. The lowest BCUT2D eigenvalue weighted by atomic mass is 9.98. The van der Waals surface area contributed by atoms with Crippen molar-refractivity contribution in [2.75, 3.05) is 0 Å². The minimum Gasteiger partial charge on any atom is -0.392 e. The van der Waals surface area contributed by atoms with E-state index in [4.69, 9.17) is 10.8 Å². The number of nitrogens with two attached hydrogens (primary N) is 1. The van der Waals surface area contributed by atoms with Gasteiger partial charge in [0, 0.05) is 6.54 Å².